The van der Waals surface area contributed by atoms with E-state index in [1.165, 1.54) is 22.2 Å². The zero-order valence-corrected chi connectivity index (χ0v) is 13.5. The smallest absolute Gasteiger partial charge is 0.273 e. The fourth-order valence-electron chi connectivity index (χ4n) is 2.00. The first kappa shape index (κ1) is 16.2. The highest BCUT2D eigenvalue weighted by Gasteiger charge is 2.12. The maximum atomic E-state index is 12.1. The number of alkyl halides is 1. The van der Waals surface area contributed by atoms with Crippen molar-refractivity contribution in [2.45, 2.75) is 19.5 Å². The SMILES string of the molecule is O=C(NCc1nnc(-c2ccccc2)s1)c1cn(CCCF)nn1. The molecule has 0 spiro atoms. The van der Waals surface area contributed by atoms with E-state index in [2.05, 4.69) is 25.8 Å². The Hall–Kier alpha value is -2.68. The van der Waals surface area contributed by atoms with Crippen LogP contribution in [0.5, 0.6) is 0 Å². The normalized spacial score (nSPS) is 10.7. The Labute approximate surface area is 141 Å². The summed E-state index contributed by atoms with van der Waals surface area (Å²) in [5.74, 6) is -0.349. The fraction of sp³-hybridized carbons (Fsp3) is 0.267. The Morgan fingerprint density at radius 1 is 1.21 bits per heavy atom. The van der Waals surface area contributed by atoms with Crippen molar-refractivity contribution in [3.8, 4) is 10.6 Å². The third-order valence-corrected chi connectivity index (χ3v) is 4.15. The van der Waals surface area contributed by atoms with E-state index in [-0.39, 0.29) is 18.1 Å². The van der Waals surface area contributed by atoms with Gasteiger partial charge in [-0.15, -0.1) is 15.3 Å². The van der Waals surface area contributed by atoms with Crippen molar-refractivity contribution in [2.24, 2.45) is 0 Å². The number of carbonyl (C=O) groups excluding carboxylic acids is 1. The molecule has 0 aliphatic carbocycles. The molecule has 0 saturated carbocycles. The minimum atomic E-state index is -0.428. The quantitative estimate of drug-likeness (QED) is 0.708. The zero-order valence-electron chi connectivity index (χ0n) is 12.7. The summed E-state index contributed by atoms with van der Waals surface area (Å²) in [5.41, 5.74) is 1.19. The highest BCUT2D eigenvalue weighted by molar-refractivity contribution is 7.14. The molecule has 2 heterocycles. The van der Waals surface area contributed by atoms with E-state index in [1.54, 1.807) is 0 Å². The Bertz CT molecular complexity index is 803. The van der Waals surface area contributed by atoms with Crippen LogP contribution >= 0.6 is 11.3 Å². The van der Waals surface area contributed by atoms with E-state index in [0.717, 1.165) is 10.6 Å². The second-order valence-electron chi connectivity index (χ2n) is 4.96. The number of aromatic nitrogens is 5. The first-order valence-electron chi connectivity index (χ1n) is 7.38. The molecule has 0 atom stereocenters. The largest absolute Gasteiger partial charge is 0.344 e. The number of nitrogens with zero attached hydrogens (tertiary/aromatic N) is 5. The molecule has 0 bridgehead atoms. The average Bonchev–Trinajstić information content (AvgIpc) is 3.28. The lowest BCUT2D eigenvalue weighted by atomic mass is 10.2. The summed E-state index contributed by atoms with van der Waals surface area (Å²) in [7, 11) is 0. The van der Waals surface area contributed by atoms with Gasteiger partial charge < -0.3 is 5.32 Å². The molecule has 1 amide bonds. The maximum absolute atomic E-state index is 12.1. The molecule has 7 nitrogen and oxygen atoms in total. The summed E-state index contributed by atoms with van der Waals surface area (Å²) in [4.78, 5) is 12.0. The zero-order chi connectivity index (χ0) is 16.8. The van der Waals surface area contributed by atoms with Gasteiger partial charge in [0.1, 0.15) is 10.0 Å². The molecule has 124 valence electrons. The van der Waals surface area contributed by atoms with E-state index in [1.807, 2.05) is 30.3 Å². The minimum absolute atomic E-state index is 0.196. The lowest BCUT2D eigenvalue weighted by Crippen LogP contribution is -2.23. The van der Waals surface area contributed by atoms with Crippen LogP contribution in [0, 0.1) is 0 Å². The number of carbonyl (C=O) groups is 1. The number of nitrogens with one attached hydrogen (secondary N) is 1. The van der Waals surface area contributed by atoms with Gasteiger partial charge in [0.25, 0.3) is 5.91 Å². The molecule has 1 N–H and O–H groups in total. The molecule has 9 heteroatoms. The minimum Gasteiger partial charge on any atom is -0.344 e. The molecule has 3 aromatic rings. The van der Waals surface area contributed by atoms with Crippen LogP contribution in [0.1, 0.15) is 21.9 Å². The van der Waals surface area contributed by atoms with Crippen LogP contribution in [0.4, 0.5) is 4.39 Å². The molecular weight excluding hydrogens is 331 g/mol. The topological polar surface area (TPSA) is 85.6 Å². The molecule has 0 saturated heterocycles. The molecule has 2 aromatic heterocycles. The van der Waals surface area contributed by atoms with E-state index < -0.39 is 6.67 Å². The molecular formula is C15H15FN6OS. The van der Waals surface area contributed by atoms with Gasteiger partial charge in [-0.2, -0.15) is 0 Å². The lowest BCUT2D eigenvalue weighted by Gasteiger charge is -1.98. The first-order chi connectivity index (χ1) is 11.8. The number of hydrogen-bond donors (Lipinski definition) is 1. The monoisotopic (exact) mass is 346 g/mol. The summed E-state index contributed by atoms with van der Waals surface area (Å²) in [5, 5.41) is 20.0. The van der Waals surface area contributed by atoms with Crippen molar-refractivity contribution >= 4 is 17.2 Å². The van der Waals surface area contributed by atoms with Crippen LogP contribution in [0.3, 0.4) is 0 Å². The van der Waals surface area contributed by atoms with Crippen molar-refractivity contribution in [1.29, 1.82) is 0 Å². The summed E-state index contributed by atoms with van der Waals surface area (Å²) >= 11 is 1.42. The highest BCUT2D eigenvalue weighted by atomic mass is 32.1. The Kier molecular flexibility index (Phi) is 5.22. The van der Waals surface area contributed by atoms with Crippen LogP contribution in [-0.4, -0.2) is 37.8 Å². The van der Waals surface area contributed by atoms with Gasteiger partial charge in [-0.3, -0.25) is 13.9 Å². The van der Waals surface area contributed by atoms with Gasteiger partial charge in [0.05, 0.1) is 19.4 Å². The van der Waals surface area contributed by atoms with E-state index in [9.17, 15) is 9.18 Å². The summed E-state index contributed by atoms with van der Waals surface area (Å²) in [6, 6.07) is 9.72. The third-order valence-electron chi connectivity index (χ3n) is 3.18. The summed E-state index contributed by atoms with van der Waals surface area (Å²) in [6.45, 7) is 0.233. The number of hydrogen-bond acceptors (Lipinski definition) is 6. The van der Waals surface area contributed by atoms with Crippen molar-refractivity contribution in [2.75, 3.05) is 6.67 Å². The van der Waals surface area contributed by atoms with Gasteiger partial charge in [0, 0.05) is 12.1 Å². The van der Waals surface area contributed by atoms with E-state index in [0.29, 0.717) is 18.0 Å². The van der Waals surface area contributed by atoms with Gasteiger partial charge >= 0.3 is 0 Å². The highest BCUT2D eigenvalue weighted by Crippen LogP contribution is 2.22. The Morgan fingerprint density at radius 3 is 2.83 bits per heavy atom. The number of aryl methyl sites for hydroxylation is 1. The standard InChI is InChI=1S/C15H15FN6OS/c16-7-4-8-22-10-12(18-21-22)14(23)17-9-13-19-20-15(24-13)11-5-2-1-3-6-11/h1-3,5-6,10H,4,7-9H2,(H,17,23). The molecule has 0 radical (unpaired) electrons. The molecule has 0 fully saturated rings. The molecule has 1 aromatic carbocycles. The fourth-order valence-corrected chi connectivity index (χ4v) is 2.79. The number of rotatable bonds is 7. The van der Waals surface area contributed by atoms with Crippen LogP contribution < -0.4 is 5.32 Å². The second-order valence-corrected chi connectivity index (χ2v) is 6.02. The van der Waals surface area contributed by atoms with Gasteiger partial charge in [-0.25, -0.2) is 0 Å². The number of halogens is 1. The van der Waals surface area contributed by atoms with Crippen molar-refractivity contribution in [1.82, 2.24) is 30.5 Å². The predicted molar refractivity (Wildman–Crippen MR) is 87.1 cm³/mol. The van der Waals surface area contributed by atoms with Gasteiger partial charge in [-0.1, -0.05) is 46.9 Å². The number of benzene rings is 1. The molecule has 0 unspecified atom stereocenters. The van der Waals surface area contributed by atoms with E-state index >= 15 is 0 Å². The van der Waals surface area contributed by atoms with Crippen molar-refractivity contribution in [3.63, 3.8) is 0 Å². The van der Waals surface area contributed by atoms with Crippen LogP contribution in [0.15, 0.2) is 36.5 Å². The maximum Gasteiger partial charge on any atom is 0.273 e. The van der Waals surface area contributed by atoms with Gasteiger partial charge in [0.2, 0.25) is 0 Å². The summed E-state index contributed by atoms with van der Waals surface area (Å²) in [6.07, 6.45) is 1.85. The predicted octanol–water partition coefficient (Wildman–Crippen LogP) is 2.09. The van der Waals surface area contributed by atoms with Crippen molar-refractivity contribution < 1.29 is 9.18 Å². The summed E-state index contributed by atoms with van der Waals surface area (Å²) < 4.78 is 13.6. The molecule has 3 rings (SSSR count). The average molecular weight is 346 g/mol. The first-order valence-corrected chi connectivity index (χ1v) is 8.20. The lowest BCUT2D eigenvalue weighted by molar-refractivity contribution is 0.0945. The Balaban J connectivity index is 1.57. The Morgan fingerprint density at radius 2 is 2.04 bits per heavy atom. The molecule has 0 aliphatic heterocycles. The van der Waals surface area contributed by atoms with Crippen molar-refractivity contribution in [3.05, 3.63) is 47.2 Å². The number of amides is 1. The van der Waals surface area contributed by atoms with Gasteiger partial charge in [-0.05, 0) is 6.42 Å². The van der Waals surface area contributed by atoms with Gasteiger partial charge in [0.15, 0.2) is 5.69 Å². The second kappa shape index (κ2) is 7.73. The van der Waals surface area contributed by atoms with Crippen LogP contribution in [0.25, 0.3) is 10.6 Å². The van der Waals surface area contributed by atoms with Crippen LogP contribution in [0.2, 0.25) is 0 Å². The molecule has 24 heavy (non-hydrogen) atoms. The third kappa shape index (κ3) is 3.99. The van der Waals surface area contributed by atoms with E-state index in [4.69, 9.17) is 0 Å². The molecule has 0 aliphatic rings. The van der Waals surface area contributed by atoms with Crippen LogP contribution in [-0.2, 0) is 13.1 Å².